The number of ether oxygens (including phenoxy) is 2. The van der Waals surface area contributed by atoms with Crippen molar-refractivity contribution in [3.8, 4) is 0 Å². The molecule has 1 aliphatic rings. The van der Waals surface area contributed by atoms with Crippen molar-refractivity contribution in [3.05, 3.63) is 11.6 Å². The van der Waals surface area contributed by atoms with Crippen molar-refractivity contribution < 1.29 is 19.1 Å². The Balaban J connectivity index is 2.98. The summed E-state index contributed by atoms with van der Waals surface area (Å²) in [6.45, 7) is 9.92. The van der Waals surface area contributed by atoms with E-state index in [4.69, 9.17) is 9.47 Å². The number of esters is 1. The van der Waals surface area contributed by atoms with E-state index in [2.05, 4.69) is 13.0 Å². The average Bonchev–Trinajstić information content (AvgIpc) is 2.36. The minimum absolute atomic E-state index is 0.0171. The molecular formula is C17H28O4. The first kappa shape index (κ1) is 17.9. The van der Waals surface area contributed by atoms with E-state index in [9.17, 15) is 9.59 Å². The van der Waals surface area contributed by atoms with Gasteiger partial charge in [-0.25, -0.2) is 0 Å². The molecule has 21 heavy (non-hydrogen) atoms. The molecule has 0 bridgehead atoms. The molecule has 120 valence electrons. The third kappa shape index (κ3) is 4.67. The molecule has 0 aromatic heterocycles. The summed E-state index contributed by atoms with van der Waals surface area (Å²) in [6.07, 6.45) is 3.08. The van der Waals surface area contributed by atoms with Crippen molar-refractivity contribution in [2.75, 3.05) is 7.11 Å². The van der Waals surface area contributed by atoms with Crippen molar-refractivity contribution in [3.63, 3.8) is 0 Å². The Morgan fingerprint density at radius 3 is 2.48 bits per heavy atom. The fraction of sp³-hybridized carbons (Fsp3) is 0.765. The lowest BCUT2D eigenvalue weighted by molar-refractivity contribution is -0.165. The number of rotatable bonds is 5. The summed E-state index contributed by atoms with van der Waals surface area (Å²) in [4.78, 5) is 24.8. The van der Waals surface area contributed by atoms with Gasteiger partial charge in [-0.3, -0.25) is 9.59 Å². The average molecular weight is 296 g/mol. The van der Waals surface area contributed by atoms with Crippen LogP contribution < -0.4 is 0 Å². The summed E-state index contributed by atoms with van der Waals surface area (Å²) >= 11 is 0. The molecule has 1 saturated carbocycles. The molecule has 4 nitrogen and oxygen atoms in total. The lowest BCUT2D eigenvalue weighted by Gasteiger charge is -2.38. The Labute approximate surface area is 127 Å². The Hall–Kier alpha value is -1.16. The van der Waals surface area contributed by atoms with E-state index in [-0.39, 0.29) is 29.8 Å². The largest absolute Gasteiger partial charge is 0.468 e. The highest BCUT2D eigenvalue weighted by Gasteiger charge is 2.46. The van der Waals surface area contributed by atoms with Crippen LogP contribution in [-0.4, -0.2) is 31.1 Å². The van der Waals surface area contributed by atoms with Gasteiger partial charge < -0.3 is 9.47 Å². The molecule has 0 amide bonds. The van der Waals surface area contributed by atoms with Crippen molar-refractivity contribution in [1.29, 1.82) is 0 Å². The number of allylic oxidation sites excluding steroid dienone is 2. The number of ketones is 1. The first-order valence-corrected chi connectivity index (χ1v) is 7.68. The number of carbonyl (C=O) groups excluding carboxylic acids is 2. The molecule has 0 aliphatic heterocycles. The summed E-state index contributed by atoms with van der Waals surface area (Å²) in [5.41, 5.74) is 1.19. The van der Waals surface area contributed by atoms with Crippen LogP contribution in [0.4, 0.5) is 0 Å². The van der Waals surface area contributed by atoms with Gasteiger partial charge in [0.05, 0.1) is 19.3 Å². The second kappa shape index (κ2) is 7.74. The van der Waals surface area contributed by atoms with Gasteiger partial charge in [-0.2, -0.15) is 0 Å². The Bertz CT molecular complexity index is 407. The highest BCUT2D eigenvalue weighted by Crippen LogP contribution is 2.36. The Kier molecular flexibility index (Phi) is 6.59. The van der Waals surface area contributed by atoms with Crippen molar-refractivity contribution >= 4 is 11.8 Å². The molecule has 4 unspecified atom stereocenters. The number of Topliss-reactive ketones (excluding diaryl/α,β-unsaturated/α-hetero) is 1. The molecular weight excluding hydrogens is 268 g/mol. The summed E-state index contributed by atoms with van der Waals surface area (Å²) in [7, 11) is 1.32. The molecule has 0 aromatic carbocycles. The third-order valence-electron chi connectivity index (χ3n) is 4.02. The first-order chi connectivity index (χ1) is 9.77. The molecule has 0 heterocycles. The van der Waals surface area contributed by atoms with Crippen LogP contribution in [0.5, 0.6) is 0 Å². The lowest BCUT2D eigenvalue weighted by atomic mass is 9.70. The van der Waals surface area contributed by atoms with E-state index < -0.39 is 11.9 Å². The Morgan fingerprint density at radius 1 is 1.38 bits per heavy atom. The number of hydrogen-bond acceptors (Lipinski definition) is 4. The standard InChI is InChI=1S/C17H28O4/c1-10(2)7-8-13-12(5)9-14(21-11(3)4)15(16(13)18)17(19)20-6/h7,11-15H,8-9H2,1-6H3. The molecule has 1 aliphatic carbocycles. The van der Waals surface area contributed by atoms with E-state index in [1.54, 1.807) is 0 Å². The fourth-order valence-electron chi connectivity index (χ4n) is 2.95. The second-order valence-corrected chi connectivity index (χ2v) is 6.46. The van der Waals surface area contributed by atoms with Crippen molar-refractivity contribution in [1.82, 2.24) is 0 Å². The summed E-state index contributed by atoms with van der Waals surface area (Å²) < 4.78 is 10.6. The van der Waals surface area contributed by atoms with Crippen LogP contribution in [0.15, 0.2) is 11.6 Å². The van der Waals surface area contributed by atoms with Crippen LogP contribution >= 0.6 is 0 Å². The van der Waals surface area contributed by atoms with Gasteiger partial charge >= 0.3 is 5.97 Å². The number of hydrogen-bond donors (Lipinski definition) is 0. The van der Waals surface area contributed by atoms with Crippen LogP contribution in [0.2, 0.25) is 0 Å². The van der Waals surface area contributed by atoms with Gasteiger partial charge in [0.25, 0.3) is 0 Å². The topological polar surface area (TPSA) is 52.6 Å². The summed E-state index contributed by atoms with van der Waals surface area (Å²) in [5.74, 6) is -1.22. The van der Waals surface area contributed by atoms with Crippen molar-refractivity contribution in [2.45, 2.75) is 59.7 Å². The molecule has 0 aromatic rings. The van der Waals surface area contributed by atoms with Gasteiger partial charge in [0.1, 0.15) is 5.92 Å². The highest BCUT2D eigenvalue weighted by molar-refractivity contribution is 6.01. The van der Waals surface area contributed by atoms with Crippen LogP contribution in [0, 0.1) is 17.8 Å². The predicted octanol–water partition coefficient (Wildman–Crippen LogP) is 3.15. The second-order valence-electron chi connectivity index (χ2n) is 6.46. The smallest absolute Gasteiger partial charge is 0.318 e. The van der Waals surface area contributed by atoms with E-state index in [1.165, 1.54) is 12.7 Å². The van der Waals surface area contributed by atoms with E-state index in [0.29, 0.717) is 12.8 Å². The van der Waals surface area contributed by atoms with Crippen molar-refractivity contribution in [2.24, 2.45) is 17.8 Å². The molecule has 0 spiro atoms. The van der Waals surface area contributed by atoms with E-state index >= 15 is 0 Å². The van der Waals surface area contributed by atoms with Crippen LogP contribution in [0.25, 0.3) is 0 Å². The molecule has 4 heteroatoms. The van der Waals surface area contributed by atoms with Gasteiger partial charge in [0.15, 0.2) is 5.78 Å². The predicted molar refractivity (Wildman–Crippen MR) is 81.8 cm³/mol. The first-order valence-electron chi connectivity index (χ1n) is 7.68. The van der Waals surface area contributed by atoms with Gasteiger partial charge in [0, 0.05) is 5.92 Å². The zero-order valence-corrected chi connectivity index (χ0v) is 14.0. The van der Waals surface area contributed by atoms with Gasteiger partial charge in [-0.15, -0.1) is 0 Å². The molecule has 4 atom stereocenters. The maximum absolute atomic E-state index is 12.7. The summed E-state index contributed by atoms with van der Waals surface area (Å²) in [6, 6.07) is 0. The van der Waals surface area contributed by atoms with Crippen LogP contribution in [-0.2, 0) is 19.1 Å². The minimum Gasteiger partial charge on any atom is -0.468 e. The van der Waals surface area contributed by atoms with Gasteiger partial charge in [0.2, 0.25) is 0 Å². The van der Waals surface area contributed by atoms with E-state index in [1.807, 2.05) is 27.7 Å². The number of methoxy groups -OCH3 is 1. The molecule has 0 radical (unpaired) electrons. The fourth-order valence-corrected chi connectivity index (χ4v) is 2.95. The maximum atomic E-state index is 12.7. The van der Waals surface area contributed by atoms with Crippen LogP contribution in [0.3, 0.4) is 0 Å². The quantitative estimate of drug-likeness (QED) is 0.444. The highest BCUT2D eigenvalue weighted by atomic mass is 16.5. The van der Waals surface area contributed by atoms with E-state index in [0.717, 1.165) is 0 Å². The summed E-state index contributed by atoms with van der Waals surface area (Å²) in [5, 5.41) is 0. The van der Waals surface area contributed by atoms with Gasteiger partial charge in [-0.1, -0.05) is 18.6 Å². The molecule has 1 rings (SSSR count). The van der Waals surface area contributed by atoms with Crippen LogP contribution in [0.1, 0.15) is 47.5 Å². The molecule has 0 saturated heterocycles. The SMILES string of the molecule is COC(=O)C1C(=O)C(CC=C(C)C)C(C)CC1OC(C)C. The Morgan fingerprint density at radius 2 is 2.00 bits per heavy atom. The third-order valence-corrected chi connectivity index (χ3v) is 4.02. The monoisotopic (exact) mass is 296 g/mol. The van der Waals surface area contributed by atoms with Gasteiger partial charge in [-0.05, 0) is 46.5 Å². The lowest BCUT2D eigenvalue weighted by Crippen LogP contribution is -2.48. The normalized spacial score (nSPS) is 29.4. The zero-order valence-electron chi connectivity index (χ0n) is 14.0. The number of carbonyl (C=O) groups is 2. The molecule has 1 fully saturated rings. The minimum atomic E-state index is -0.788. The maximum Gasteiger partial charge on any atom is 0.318 e. The molecule has 0 N–H and O–H groups in total. The zero-order chi connectivity index (χ0) is 16.2.